The van der Waals surface area contributed by atoms with Crippen LogP contribution in [-0.2, 0) is 0 Å². The first-order chi connectivity index (χ1) is 7.25. The van der Waals surface area contributed by atoms with E-state index in [2.05, 4.69) is 17.4 Å². The zero-order valence-electron chi connectivity index (χ0n) is 8.45. The van der Waals surface area contributed by atoms with Crippen LogP contribution >= 0.6 is 0 Å². The van der Waals surface area contributed by atoms with Gasteiger partial charge in [-0.3, -0.25) is 4.79 Å². The molecule has 0 saturated heterocycles. The van der Waals surface area contributed by atoms with Crippen molar-refractivity contribution in [2.75, 3.05) is 0 Å². The molecule has 1 unspecified atom stereocenters. The molecule has 2 aromatic carbocycles. The molecule has 0 bridgehead atoms. The highest BCUT2D eigenvalue weighted by Crippen LogP contribution is 2.29. The molecule has 3 rings (SSSR count). The Balaban J connectivity index is 2.36. The Morgan fingerprint density at radius 3 is 2.53 bits per heavy atom. The fourth-order valence-corrected chi connectivity index (χ4v) is 2.16. The van der Waals surface area contributed by atoms with E-state index >= 15 is 0 Å². The summed E-state index contributed by atoms with van der Waals surface area (Å²) in [4.78, 5) is 11.6. The average molecular weight is 197 g/mol. The summed E-state index contributed by atoms with van der Waals surface area (Å²) in [6.07, 6.45) is 0. The van der Waals surface area contributed by atoms with Gasteiger partial charge in [-0.2, -0.15) is 0 Å². The molecular formula is C13H11NO. The lowest BCUT2D eigenvalue weighted by atomic mass is 10.00. The Kier molecular flexibility index (Phi) is 1.60. The number of carbonyl (C=O) groups is 1. The van der Waals surface area contributed by atoms with E-state index in [4.69, 9.17) is 0 Å². The molecule has 1 amide bonds. The van der Waals surface area contributed by atoms with Crippen LogP contribution in [0, 0.1) is 0 Å². The van der Waals surface area contributed by atoms with Gasteiger partial charge in [-0.1, -0.05) is 24.3 Å². The van der Waals surface area contributed by atoms with Crippen molar-refractivity contribution in [3.05, 3.63) is 47.5 Å². The molecule has 0 fully saturated rings. The highest BCUT2D eigenvalue weighted by atomic mass is 16.2. The number of amides is 1. The lowest BCUT2D eigenvalue weighted by Gasteiger charge is -2.04. The smallest absolute Gasteiger partial charge is 0.252 e. The van der Waals surface area contributed by atoms with Crippen LogP contribution in [0.15, 0.2) is 36.4 Å². The van der Waals surface area contributed by atoms with E-state index in [1.807, 2.05) is 31.2 Å². The van der Waals surface area contributed by atoms with Crippen molar-refractivity contribution >= 4 is 16.7 Å². The average Bonchev–Trinajstić information content (AvgIpc) is 2.52. The maximum Gasteiger partial charge on any atom is 0.252 e. The zero-order chi connectivity index (χ0) is 10.4. The molecule has 2 heteroatoms. The normalized spacial score (nSPS) is 19.0. The van der Waals surface area contributed by atoms with Gasteiger partial charge < -0.3 is 5.32 Å². The molecule has 0 saturated carbocycles. The second kappa shape index (κ2) is 2.83. The molecule has 1 aliphatic rings. The van der Waals surface area contributed by atoms with Gasteiger partial charge in [0.25, 0.3) is 5.91 Å². The molecule has 1 N–H and O–H groups in total. The summed E-state index contributed by atoms with van der Waals surface area (Å²) < 4.78 is 0. The third-order valence-electron chi connectivity index (χ3n) is 2.98. The van der Waals surface area contributed by atoms with Crippen LogP contribution in [-0.4, -0.2) is 5.91 Å². The molecule has 1 atom stereocenters. The predicted octanol–water partition coefficient (Wildman–Crippen LogP) is 2.64. The molecule has 0 aliphatic carbocycles. The summed E-state index contributed by atoms with van der Waals surface area (Å²) in [5.41, 5.74) is 1.93. The second-order valence-electron chi connectivity index (χ2n) is 3.98. The fraction of sp³-hybridized carbons (Fsp3) is 0.154. The van der Waals surface area contributed by atoms with E-state index in [1.165, 1.54) is 5.39 Å². The van der Waals surface area contributed by atoms with Gasteiger partial charge in [0.05, 0.1) is 6.04 Å². The van der Waals surface area contributed by atoms with Gasteiger partial charge in [0.2, 0.25) is 0 Å². The molecule has 1 aliphatic heterocycles. The number of nitrogens with one attached hydrogen (secondary N) is 1. The number of fused-ring (bicyclic) bond motifs is 2. The Morgan fingerprint density at radius 2 is 1.80 bits per heavy atom. The zero-order valence-corrected chi connectivity index (χ0v) is 8.45. The van der Waals surface area contributed by atoms with E-state index in [9.17, 15) is 4.79 Å². The van der Waals surface area contributed by atoms with Gasteiger partial charge in [-0.25, -0.2) is 0 Å². The molecule has 0 spiro atoms. The molecule has 0 aromatic heterocycles. The minimum absolute atomic E-state index is 0.0447. The summed E-state index contributed by atoms with van der Waals surface area (Å²) in [7, 11) is 0. The Hall–Kier alpha value is -1.83. The van der Waals surface area contributed by atoms with Gasteiger partial charge in [-0.15, -0.1) is 0 Å². The lowest BCUT2D eigenvalue weighted by Crippen LogP contribution is -2.16. The molecule has 0 radical (unpaired) electrons. The van der Waals surface area contributed by atoms with E-state index in [0.717, 1.165) is 16.5 Å². The standard InChI is InChI=1S/C13H11NO/c1-8-11-6-9-4-2-3-5-10(9)7-12(11)13(15)14-8/h2-8H,1H3,(H,14,15). The summed E-state index contributed by atoms with van der Waals surface area (Å²) in [5, 5.41) is 5.24. The van der Waals surface area contributed by atoms with Crippen LogP contribution in [0.3, 0.4) is 0 Å². The number of carbonyl (C=O) groups excluding carboxylic acids is 1. The van der Waals surface area contributed by atoms with Crippen LogP contribution in [0.4, 0.5) is 0 Å². The van der Waals surface area contributed by atoms with Crippen LogP contribution < -0.4 is 5.32 Å². The van der Waals surface area contributed by atoms with Gasteiger partial charge in [-0.05, 0) is 35.4 Å². The number of rotatable bonds is 0. The Morgan fingerprint density at radius 1 is 1.13 bits per heavy atom. The minimum atomic E-state index is 0.0447. The van der Waals surface area contributed by atoms with Crippen molar-refractivity contribution in [1.82, 2.24) is 5.32 Å². The van der Waals surface area contributed by atoms with Gasteiger partial charge in [0, 0.05) is 5.56 Å². The first-order valence-corrected chi connectivity index (χ1v) is 5.09. The maximum atomic E-state index is 11.6. The number of hydrogen-bond donors (Lipinski definition) is 1. The van der Waals surface area contributed by atoms with Gasteiger partial charge in [0.1, 0.15) is 0 Å². The summed E-state index contributed by atoms with van der Waals surface area (Å²) >= 11 is 0. The van der Waals surface area contributed by atoms with Crippen molar-refractivity contribution < 1.29 is 4.79 Å². The first-order valence-electron chi connectivity index (χ1n) is 5.09. The molecule has 15 heavy (non-hydrogen) atoms. The molecule has 1 heterocycles. The highest BCUT2D eigenvalue weighted by Gasteiger charge is 2.25. The molecule has 74 valence electrons. The van der Waals surface area contributed by atoms with E-state index in [0.29, 0.717) is 0 Å². The fourth-order valence-electron chi connectivity index (χ4n) is 2.16. The monoisotopic (exact) mass is 197 g/mol. The van der Waals surface area contributed by atoms with Crippen molar-refractivity contribution in [1.29, 1.82) is 0 Å². The SMILES string of the molecule is CC1NC(=O)c2cc3ccccc3cc21. The molecular weight excluding hydrogens is 186 g/mol. The van der Waals surface area contributed by atoms with Crippen molar-refractivity contribution in [2.45, 2.75) is 13.0 Å². The highest BCUT2D eigenvalue weighted by molar-refractivity contribution is 6.03. The van der Waals surface area contributed by atoms with Crippen LogP contribution in [0.1, 0.15) is 28.9 Å². The summed E-state index contributed by atoms with van der Waals surface area (Å²) in [6.45, 7) is 2.01. The van der Waals surface area contributed by atoms with Crippen LogP contribution in [0.5, 0.6) is 0 Å². The van der Waals surface area contributed by atoms with E-state index < -0.39 is 0 Å². The largest absolute Gasteiger partial charge is 0.345 e. The third-order valence-corrected chi connectivity index (χ3v) is 2.98. The number of benzene rings is 2. The van der Waals surface area contributed by atoms with Crippen molar-refractivity contribution in [2.24, 2.45) is 0 Å². The first kappa shape index (κ1) is 8.48. The topological polar surface area (TPSA) is 29.1 Å². The quantitative estimate of drug-likeness (QED) is 0.691. The van der Waals surface area contributed by atoms with Gasteiger partial charge >= 0.3 is 0 Å². The summed E-state index contributed by atoms with van der Waals surface area (Å²) in [5.74, 6) is 0.0447. The number of hydrogen-bond acceptors (Lipinski definition) is 1. The lowest BCUT2D eigenvalue weighted by molar-refractivity contribution is 0.0958. The van der Waals surface area contributed by atoms with Crippen LogP contribution in [0.2, 0.25) is 0 Å². The second-order valence-corrected chi connectivity index (χ2v) is 3.98. The predicted molar refractivity (Wildman–Crippen MR) is 59.8 cm³/mol. The molecule has 2 nitrogen and oxygen atoms in total. The van der Waals surface area contributed by atoms with Crippen LogP contribution in [0.25, 0.3) is 10.8 Å². The molecule has 2 aromatic rings. The van der Waals surface area contributed by atoms with E-state index in [-0.39, 0.29) is 11.9 Å². The van der Waals surface area contributed by atoms with E-state index in [1.54, 1.807) is 0 Å². The van der Waals surface area contributed by atoms with Gasteiger partial charge in [0.15, 0.2) is 0 Å². The van der Waals surface area contributed by atoms with Crippen molar-refractivity contribution in [3.63, 3.8) is 0 Å². The van der Waals surface area contributed by atoms with Crippen molar-refractivity contribution in [3.8, 4) is 0 Å². The Bertz CT molecular complexity index is 559. The maximum absolute atomic E-state index is 11.6. The third kappa shape index (κ3) is 1.14. The summed E-state index contributed by atoms with van der Waals surface area (Å²) in [6, 6.07) is 12.3. The minimum Gasteiger partial charge on any atom is -0.345 e. The Labute approximate surface area is 87.9 Å².